The molecule has 31 heavy (non-hydrogen) atoms. The maximum atomic E-state index is 11.8. The van der Waals surface area contributed by atoms with Gasteiger partial charge >= 0.3 is 11.9 Å². The largest absolute Gasteiger partial charge is 0.466 e. The van der Waals surface area contributed by atoms with Crippen LogP contribution in [0.3, 0.4) is 0 Å². The van der Waals surface area contributed by atoms with E-state index in [4.69, 9.17) is 9.47 Å². The topological polar surface area (TPSA) is 52.6 Å². The van der Waals surface area contributed by atoms with Crippen molar-refractivity contribution in [1.82, 2.24) is 0 Å². The van der Waals surface area contributed by atoms with Crippen LogP contribution in [0.2, 0.25) is 0 Å². The Hall–Kier alpha value is -1.06. The molecule has 0 amide bonds. The second-order valence-corrected chi connectivity index (χ2v) is 10.4. The summed E-state index contributed by atoms with van der Waals surface area (Å²) in [6, 6.07) is 0. The molecular formula is C27H52O4. The molecule has 4 nitrogen and oxygen atoms in total. The summed E-state index contributed by atoms with van der Waals surface area (Å²) < 4.78 is 10.7. The van der Waals surface area contributed by atoms with Gasteiger partial charge in [0.2, 0.25) is 0 Å². The van der Waals surface area contributed by atoms with Gasteiger partial charge in [-0.1, -0.05) is 86.5 Å². The number of hydrogen-bond acceptors (Lipinski definition) is 4. The lowest BCUT2D eigenvalue weighted by Gasteiger charge is -2.12. The van der Waals surface area contributed by atoms with Crippen molar-refractivity contribution in [3.8, 4) is 0 Å². The second-order valence-electron chi connectivity index (χ2n) is 10.4. The number of carbonyl (C=O) groups excluding carboxylic acids is 2. The molecule has 4 heteroatoms. The third-order valence-electron chi connectivity index (χ3n) is 5.97. The quantitative estimate of drug-likeness (QED) is 0.143. The Morgan fingerprint density at radius 2 is 0.903 bits per heavy atom. The maximum Gasteiger partial charge on any atom is 0.305 e. The van der Waals surface area contributed by atoms with Crippen molar-refractivity contribution in [3.63, 3.8) is 0 Å². The minimum Gasteiger partial charge on any atom is -0.466 e. The second kappa shape index (κ2) is 19.6. The molecule has 184 valence electrons. The fraction of sp³-hybridized carbons (Fsp3) is 0.926. The van der Waals surface area contributed by atoms with Crippen LogP contribution in [0.1, 0.15) is 125 Å². The normalized spacial score (nSPS) is 13.4. The molecule has 0 fully saturated rings. The van der Waals surface area contributed by atoms with Crippen LogP contribution in [0.25, 0.3) is 0 Å². The zero-order chi connectivity index (χ0) is 23.5. The molecule has 0 aromatic rings. The predicted octanol–water partition coefficient (Wildman–Crippen LogP) is 7.73. The van der Waals surface area contributed by atoms with Crippen LogP contribution >= 0.6 is 0 Å². The molecule has 0 rings (SSSR count). The lowest BCUT2D eigenvalue weighted by atomic mass is 9.98. The Labute approximate surface area is 193 Å². The van der Waals surface area contributed by atoms with Gasteiger partial charge in [-0.3, -0.25) is 9.59 Å². The molecule has 0 saturated carbocycles. The maximum absolute atomic E-state index is 11.8. The minimum absolute atomic E-state index is 0.108. The van der Waals surface area contributed by atoms with Gasteiger partial charge in [-0.15, -0.1) is 0 Å². The summed E-state index contributed by atoms with van der Waals surface area (Å²) in [7, 11) is 0. The third-order valence-corrected chi connectivity index (χ3v) is 5.97. The lowest BCUT2D eigenvalue weighted by molar-refractivity contribution is -0.144. The van der Waals surface area contributed by atoms with Gasteiger partial charge < -0.3 is 9.47 Å². The molecule has 0 aromatic heterocycles. The van der Waals surface area contributed by atoms with E-state index >= 15 is 0 Å². The van der Waals surface area contributed by atoms with Gasteiger partial charge in [-0.25, -0.2) is 0 Å². The van der Waals surface area contributed by atoms with E-state index in [1.807, 2.05) is 0 Å². The minimum atomic E-state index is -0.108. The van der Waals surface area contributed by atoms with E-state index in [0.717, 1.165) is 43.9 Å². The first-order chi connectivity index (χ1) is 14.7. The summed E-state index contributed by atoms with van der Waals surface area (Å²) in [5.41, 5.74) is 0. The summed E-state index contributed by atoms with van der Waals surface area (Å²) in [6.07, 6.45) is 12.7. The predicted molar refractivity (Wildman–Crippen MR) is 130 cm³/mol. The van der Waals surface area contributed by atoms with Gasteiger partial charge in [0.15, 0.2) is 0 Å². The smallest absolute Gasteiger partial charge is 0.305 e. The molecule has 0 aliphatic carbocycles. The van der Waals surface area contributed by atoms with Crippen LogP contribution in [0.15, 0.2) is 0 Å². The standard InChI is InChI=1S/C27H52O4/c1-22(2)12-10-14-24(5)18-20-30-26(28)16-8-7-9-17-27(29)31-21-19-25(6)15-11-13-23(3)4/h22-25H,7-21H2,1-6H3. The number of rotatable bonds is 20. The molecule has 0 aromatic carbocycles. The van der Waals surface area contributed by atoms with Crippen molar-refractivity contribution >= 4 is 11.9 Å². The van der Waals surface area contributed by atoms with Gasteiger partial charge in [0, 0.05) is 12.8 Å². The van der Waals surface area contributed by atoms with Crippen molar-refractivity contribution < 1.29 is 19.1 Å². The van der Waals surface area contributed by atoms with Crippen molar-refractivity contribution in [2.45, 2.75) is 125 Å². The highest BCUT2D eigenvalue weighted by molar-refractivity contribution is 5.69. The monoisotopic (exact) mass is 440 g/mol. The molecule has 0 radical (unpaired) electrons. The number of carbonyl (C=O) groups is 2. The van der Waals surface area contributed by atoms with Crippen molar-refractivity contribution in [2.75, 3.05) is 13.2 Å². The summed E-state index contributed by atoms with van der Waals surface area (Å²) in [5, 5.41) is 0. The van der Waals surface area contributed by atoms with Crippen LogP contribution < -0.4 is 0 Å². The number of esters is 2. The van der Waals surface area contributed by atoms with E-state index in [0.29, 0.717) is 37.9 Å². The molecule has 0 aliphatic heterocycles. The Kier molecular flexibility index (Phi) is 18.9. The molecule has 0 bridgehead atoms. The molecular weight excluding hydrogens is 388 g/mol. The fourth-order valence-electron chi connectivity index (χ4n) is 3.65. The number of ether oxygens (including phenoxy) is 2. The SMILES string of the molecule is CC(C)CCCC(C)CCOC(=O)CCCCCC(=O)OCCC(C)CCCC(C)C. The molecule has 0 N–H and O–H groups in total. The van der Waals surface area contributed by atoms with Crippen molar-refractivity contribution in [2.24, 2.45) is 23.7 Å². The first-order valence-electron chi connectivity index (χ1n) is 13.0. The van der Waals surface area contributed by atoms with Crippen LogP contribution in [-0.4, -0.2) is 25.2 Å². The highest BCUT2D eigenvalue weighted by atomic mass is 16.5. The first-order valence-corrected chi connectivity index (χ1v) is 13.0. The van der Waals surface area contributed by atoms with Gasteiger partial charge in [0.25, 0.3) is 0 Å². The molecule has 2 unspecified atom stereocenters. The van der Waals surface area contributed by atoms with Gasteiger partial charge in [-0.05, 0) is 49.4 Å². The van der Waals surface area contributed by atoms with Crippen LogP contribution in [0.4, 0.5) is 0 Å². The summed E-state index contributed by atoms with van der Waals surface area (Å²) in [5.74, 6) is 2.54. The Morgan fingerprint density at radius 3 is 1.26 bits per heavy atom. The van der Waals surface area contributed by atoms with Gasteiger partial charge in [0.05, 0.1) is 13.2 Å². The first kappa shape index (κ1) is 29.9. The molecule has 0 spiro atoms. The van der Waals surface area contributed by atoms with E-state index in [-0.39, 0.29) is 11.9 Å². The Bertz CT molecular complexity index is 405. The summed E-state index contributed by atoms with van der Waals surface area (Å²) in [6.45, 7) is 14.6. The highest BCUT2D eigenvalue weighted by Crippen LogP contribution is 2.16. The van der Waals surface area contributed by atoms with E-state index in [1.54, 1.807) is 0 Å². The number of hydrogen-bond donors (Lipinski definition) is 0. The summed E-state index contributed by atoms with van der Waals surface area (Å²) in [4.78, 5) is 23.7. The average molecular weight is 441 g/mol. The number of unbranched alkanes of at least 4 members (excludes halogenated alkanes) is 2. The molecule has 0 heterocycles. The van der Waals surface area contributed by atoms with Crippen LogP contribution in [-0.2, 0) is 19.1 Å². The zero-order valence-electron chi connectivity index (χ0n) is 21.5. The third kappa shape index (κ3) is 21.9. The van der Waals surface area contributed by atoms with E-state index < -0.39 is 0 Å². The highest BCUT2D eigenvalue weighted by Gasteiger charge is 2.09. The van der Waals surface area contributed by atoms with Crippen molar-refractivity contribution in [3.05, 3.63) is 0 Å². The van der Waals surface area contributed by atoms with Crippen LogP contribution in [0.5, 0.6) is 0 Å². The van der Waals surface area contributed by atoms with E-state index in [1.165, 1.54) is 38.5 Å². The van der Waals surface area contributed by atoms with Gasteiger partial charge in [0.1, 0.15) is 0 Å². The fourth-order valence-corrected chi connectivity index (χ4v) is 3.65. The lowest BCUT2D eigenvalue weighted by Crippen LogP contribution is -2.10. The molecule has 0 saturated heterocycles. The van der Waals surface area contributed by atoms with Crippen molar-refractivity contribution in [1.29, 1.82) is 0 Å². The Balaban J connectivity index is 3.53. The Morgan fingerprint density at radius 1 is 0.516 bits per heavy atom. The van der Waals surface area contributed by atoms with Gasteiger partial charge in [-0.2, -0.15) is 0 Å². The summed E-state index contributed by atoms with van der Waals surface area (Å²) >= 11 is 0. The average Bonchev–Trinajstić information content (AvgIpc) is 2.67. The zero-order valence-corrected chi connectivity index (χ0v) is 21.5. The van der Waals surface area contributed by atoms with E-state index in [9.17, 15) is 9.59 Å². The van der Waals surface area contributed by atoms with E-state index in [2.05, 4.69) is 41.5 Å². The molecule has 0 aliphatic rings. The van der Waals surface area contributed by atoms with Crippen LogP contribution in [0, 0.1) is 23.7 Å². The molecule has 2 atom stereocenters.